The van der Waals surface area contributed by atoms with Crippen LogP contribution in [0.3, 0.4) is 0 Å². The van der Waals surface area contributed by atoms with Gasteiger partial charge in [0.2, 0.25) is 0 Å². The molecule has 1 aliphatic rings. The van der Waals surface area contributed by atoms with E-state index in [1.807, 2.05) is 0 Å². The first-order valence-electron chi connectivity index (χ1n) is 6.10. The maximum Gasteiger partial charge on any atom is 0.0375 e. The Morgan fingerprint density at radius 2 is 2.00 bits per heavy atom. The van der Waals surface area contributed by atoms with Gasteiger partial charge in [0.25, 0.3) is 0 Å². The first-order valence-corrected chi connectivity index (χ1v) is 6.10. The maximum atomic E-state index is 3.57. The molecule has 1 aliphatic carbocycles. The Bertz CT molecular complexity index is 313. The normalized spacial score (nSPS) is 15.7. The van der Waals surface area contributed by atoms with Crippen LogP contribution >= 0.6 is 0 Å². The van der Waals surface area contributed by atoms with E-state index in [1.54, 1.807) is 0 Å². The van der Waals surface area contributed by atoms with Gasteiger partial charge in [0.1, 0.15) is 0 Å². The largest absolute Gasteiger partial charge is 0.385 e. The molecule has 1 aromatic rings. The predicted octanol–water partition coefficient (Wildman–Crippen LogP) is 4.02. The third-order valence-corrected chi connectivity index (χ3v) is 3.15. The van der Waals surface area contributed by atoms with Crippen LogP contribution in [-0.2, 0) is 0 Å². The van der Waals surface area contributed by atoms with E-state index in [4.69, 9.17) is 0 Å². The van der Waals surface area contributed by atoms with E-state index in [-0.39, 0.29) is 0 Å². The number of rotatable bonds is 5. The summed E-state index contributed by atoms with van der Waals surface area (Å²) in [5.74, 6) is 1.62. The summed E-state index contributed by atoms with van der Waals surface area (Å²) in [7, 11) is 0. The molecule has 0 atom stereocenters. The van der Waals surface area contributed by atoms with Crippen molar-refractivity contribution in [3.8, 4) is 0 Å². The van der Waals surface area contributed by atoms with Crippen LogP contribution in [0.2, 0.25) is 0 Å². The van der Waals surface area contributed by atoms with Gasteiger partial charge < -0.3 is 5.32 Å². The fraction of sp³-hybridized carbons (Fsp3) is 0.571. The Kier molecular flexibility index (Phi) is 3.30. The Hall–Kier alpha value is -0.980. The average molecular weight is 203 g/mol. The van der Waals surface area contributed by atoms with E-state index in [9.17, 15) is 0 Å². The van der Waals surface area contributed by atoms with Crippen LogP contribution in [0.5, 0.6) is 0 Å². The van der Waals surface area contributed by atoms with Gasteiger partial charge in [0.05, 0.1) is 0 Å². The Morgan fingerprint density at radius 3 is 2.67 bits per heavy atom. The van der Waals surface area contributed by atoms with Gasteiger partial charge in [-0.15, -0.1) is 0 Å². The predicted molar refractivity (Wildman–Crippen MR) is 66.4 cm³/mol. The summed E-state index contributed by atoms with van der Waals surface area (Å²) in [6.07, 6.45) is 4.24. The molecular formula is C14H21N. The zero-order chi connectivity index (χ0) is 10.7. The zero-order valence-electron chi connectivity index (χ0n) is 9.79. The van der Waals surface area contributed by atoms with Crippen LogP contribution in [0.25, 0.3) is 0 Å². The van der Waals surface area contributed by atoms with Crippen LogP contribution in [0, 0.1) is 5.92 Å². The Balaban J connectivity index is 1.92. The number of hydrogen-bond acceptors (Lipinski definition) is 1. The fourth-order valence-corrected chi connectivity index (χ4v) is 1.98. The SMILES string of the molecule is CC(C)c1ccccc1NCCC1CC1. The molecule has 0 heterocycles. The van der Waals surface area contributed by atoms with Crippen molar-refractivity contribution >= 4 is 5.69 Å². The molecule has 1 saturated carbocycles. The molecule has 1 N–H and O–H groups in total. The summed E-state index contributed by atoms with van der Waals surface area (Å²) >= 11 is 0. The second kappa shape index (κ2) is 4.69. The quantitative estimate of drug-likeness (QED) is 0.762. The van der Waals surface area contributed by atoms with Crippen LogP contribution in [0.4, 0.5) is 5.69 Å². The minimum absolute atomic E-state index is 0.606. The average Bonchev–Trinajstić information content (AvgIpc) is 3.02. The molecule has 1 aromatic carbocycles. The monoisotopic (exact) mass is 203 g/mol. The third kappa shape index (κ3) is 2.98. The van der Waals surface area contributed by atoms with Crippen molar-refractivity contribution < 1.29 is 0 Å². The van der Waals surface area contributed by atoms with E-state index in [1.165, 1.54) is 30.5 Å². The van der Waals surface area contributed by atoms with Gasteiger partial charge in [-0.05, 0) is 29.9 Å². The van der Waals surface area contributed by atoms with Gasteiger partial charge in [-0.3, -0.25) is 0 Å². The molecule has 0 aliphatic heterocycles. The van der Waals surface area contributed by atoms with Crippen LogP contribution in [-0.4, -0.2) is 6.54 Å². The van der Waals surface area contributed by atoms with Gasteiger partial charge >= 0.3 is 0 Å². The van der Waals surface area contributed by atoms with Gasteiger partial charge in [-0.25, -0.2) is 0 Å². The molecule has 0 spiro atoms. The van der Waals surface area contributed by atoms with Gasteiger partial charge in [-0.1, -0.05) is 44.9 Å². The number of para-hydroxylation sites is 1. The lowest BCUT2D eigenvalue weighted by Crippen LogP contribution is -2.05. The lowest BCUT2D eigenvalue weighted by atomic mass is 10.0. The molecule has 0 radical (unpaired) electrons. The first-order chi connectivity index (χ1) is 7.27. The fourth-order valence-electron chi connectivity index (χ4n) is 1.98. The van der Waals surface area contributed by atoms with E-state index in [0.717, 1.165) is 12.5 Å². The molecular weight excluding hydrogens is 182 g/mol. The molecule has 1 fully saturated rings. The number of hydrogen-bond donors (Lipinski definition) is 1. The molecule has 82 valence electrons. The van der Waals surface area contributed by atoms with Crippen molar-refractivity contribution in [3.05, 3.63) is 29.8 Å². The Labute approximate surface area is 92.9 Å². The minimum Gasteiger partial charge on any atom is -0.385 e. The highest BCUT2D eigenvalue weighted by molar-refractivity contribution is 5.52. The Morgan fingerprint density at radius 1 is 1.27 bits per heavy atom. The molecule has 15 heavy (non-hydrogen) atoms. The van der Waals surface area contributed by atoms with Crippen molar-refractivity contribution in [2.75, 3.05) is 11.9 Å². The zero-order valence-corrected chi connectivity index (χ0v) is 9.79. The van der Waals surface area contributed by atoms with Crippen molar-refractivity contribution in [2.45, 2.75) is 39.0 Å². The lowest BCUT2D eigenvalue weighted by Gasteiger charge is -2.14. The summed E-state index contributed by atoms with van der Waals surface area (Å²) in [5.41, 5.74) is 2.77. The van der Waals surface area contributed by atoms with Gasteiger partial charge in [-0.2, -0.15) is 0 Å². The molecule has 0 amide bonds. The number of nitrogens with one attached hydrogen (secondary N) is 1. The smallest absolute Gasteiger partial charge is 0.0375 e. The maximum absolute atomic E-state index is 3.57. The summed E-state index contributed by atoms with van der Waals surface area (Å²) in [5, 5.41) is 3.57. The van der Waals surface area contributed by atoms with Gasteiger partial charge in [0.15, 0.2) is 0 Å². The minimum atomic E-state index is 0.606. The molecule has 0 aromatic heterocycles. The third-order valence-electron chi connectivity index (χ3n) is 3.15. The molecule has 0 bridgehead atoms. The summed E-state index contributed by atoms with van der Waals surface area (Å²) in [6, 6.07) is 8.67. The van der Waals surface area contributed by atoms with Crippen molar-refractivity contribution in [2.24, 2.45) is 5.92 Å². The van der Waals surface area contributed by atoms with E-state index in [2.05, 4.69) is 43.4 Å². The summed E-state index contributed by atoms with van der Waals surface area (Å²) < 4.78 is 0. The molecule has 1 nitrogen and oxygen atoms in total. The summed E-state index contributed by atoms with van der Waals surface area (Å²) in [4.78, 5) is 0. The van der Waals surface area contributed by atoms with Crippen molar-refractivity contribution in [3.63, 3.8) is 0 Å². The van der Waals surface area contributed by atoms with E-state index in [0.29, 0.717) is 5.92 Å². The second-order valence-corrected chi connectivity index (χ2v) is 4.90. The number of benzene rings is 1. The van der Waals surface area contributed by atoms with Crippen LogP contribution < -0.4 is 5.32 Å². The van der Waals surface area contributed by atoms with Crippen molar-refractivity contribution in [1.29, 1.82) is 0 Å². The van der Waals surface area contributed by atoms with Crippen LogP contribution in [0.15, 0.2) is 24.3 Å². The second-order valence-electron chi connectivity index (χ2n) is 4.90. The summed E-state index contributed by atoms with van der Waals surface area (Å²) in [6.45, 7) is 5.64. The van der Waals surface area contributed by atoms with Crippen molar-refractivity contribution in [1.82, 2.24) is 0 Å². The van der Waals surface area contributed by atoms with Gasteiger partial charge in [0, 0.05) is 12.2 Å². The molecule has 2 rings (SSSR count). The van der Waals surface area contributed by atoms with Crippen LogP contribution in [0.1, 0.15) is 44.6 Å². The first kappa shape index (κ1) is 10.5. The molecule has 1 heteroatoms. The lowest BCUT2D eigenvalue weighted by molar-refractivity contribution is 0.757. The molecule has 0 unspecified atom stereocenters. The number of anilines is 1. The standard InChI is InChI=1S/C14H21N/c1-11(2)13-5-3-4-6-14(13)15-10-9-12-7-8-12/h3-6,11-12,15H,7-10H2,1-2H3. The topological polar surface area (TPSA) is 12.0 Å². The van der Waals surface area contributed by atoms with E-state index < -0.39 is 0 Å². The highest BCUT2D eigenvalue weighted by atomic mass is 14.9. The highest BCUT2D eigenvalue weighted by Gasteiger charge is 2.20. The van der Waals surface area contributed by atoms with E-state index >= 15 is 0 Å². The molecule has 0 saturated heterocycles. The highest BCUT2D eigenvalue weighted by Crippen LogP contribution is 2.32.